The average molecular weight is 757 g/mol. The Bertz CT molecular complexity index is 3480. The number of fused-ring (bicyclic) bond motifs is 10. The van der Waals surface area contributed by atoms with E-state index in [1.165, 1.54) is 27.6 Å². The van der Waals surface area contributed by atoms with Crippen LogP contribution in [0.1, 0.15) is 25.0 Å². The van der Waals surface area contributed by atoms with E-state index in [9.17, 15) is 0 Å². The first-order valence-corrected chi connectivity index (χ1v) is 20.1. The summed E-state index contributed by atoms with van der Waals surface area (Å²) in [6, 6.07) is 64.1. The highest BCUT2D eigenvalue weighted by Crippen LogP contribution is 2.53. The number of para-hydroxylation sites is 2. The molecule has 5 heteroatoms. The summed E-state index contributed by atoms with van der Waals surface area (Å²) in [5, 5.41) is 4.41. The number of hydrogen-bond acceptors (Lipinski definition) is 4. The van der Waals surface area contributed by atoms with Crippen molar-refractivity contribution in [2.24, 2.45) is 0 Å². The van der Waals surface area contributed by atoms with Crippen molar-refractivity contribution in [3.63, 3.8) is 0 Å². The molecule has 0 amide bonds. The molecular formula is C54H36N4O. The monoisotopic (exact) mass is 756 g/mol. The van der Waals surface area contributed by atoms with E-state index < -0.39 is 0 Å². The number of hydrogen-bond donors (Lipinski definition) is 0. The van der Waals surface area contributed by atoms with Crippen molar-refractivity contribution >= 4 is 43.7 Å². The Morgan fingerprint density at radius 3 is 1.88 bits per heavy atom. The summed E-state index contributed by atoms with van der Waals surface area (Å²) in [7, 11) is 0. The number of furan rings is 1. The Hall–Kier alpha value is -7.63. The van der Waals surface area contributed by atoms with Gasteiger partial charge < -0.3 is 4.42 Å². The maximum Gasteiger partial charge on any atom is 0.238 e. The van der Waals surface area contributed by atoms with Crippen molar-refractivity contribution in [2.75, 3.05) is 0 Å². The quantitative estimate of drug-likeness (QED) is 0.175. The molecule has 0 bridgehead atoms. The molecule has 0 N–H and O–H groups in total. The fourth-order valence-electron chi connectivity index (χ4n) is 9.60. The minimum atomic E-state index is -0.266. The molecule has 12 rings (SSSR count). The Balaban J connectivity index is 1.17. The van der Waals surface area contributed by atoms with Crippen LogP contribution >= 0.6 is 0 Å². The molecule has 0 saturated heterocycles. The van der Waals surface area contributed by atoms with Crippen molar-refractivity contribution in [1.82, 2.24) is 19.5 Å². The van der Waals surface area contributed by atoms with E-state index in [-0.39, 0.29) is 5.41 Å². The maximum absolute atomic E-state index is 6.26. The molecule has 8 aromatic carbocycles. The highest BCUT2D eigenvalue weighted by atomic mass is 16.3. The molecular weight excluding hydrogens is 721 g/mol. The van der Waals surface area contributed by atoms with E-state index in [1.807, 2.05) is 24.3 Å². The molecule has 0 fully saturated rings. The van der Waals surface area contributed by atoms with Gasteiger partial charge in [0, 0.05) is 38.1 Å². The molecule has 278 valence electrons. The van der Waals surface area contributed by atoms with E-state index in [2.05, 4.69) is 176 Å². The smallest absolute Gasteiger partial charge is 0.238 e. The van der Waals surface area contributed by atoms with Gasteiger partial charge in [-0.3, -0.25) is 4.57 Å². The Kier molecular flexibility index (Phi) is 7.20. The van der Waals surface area contributed by atoms with E-state index in [0.717, 1.165) is 71.7 Å². The van der Waals surface area contributed by atoms with Crippen LogP contribution < -0.4 is 0 Å². The van der Waals surface area contributed by atoms with Crippen LogP contribution in [0.4, 0.5) is 0 Å². The van der Waals surface area contributed by atoms with Gasteiger partial charge in [0.25, 0.3) is 0 Å². The van der Waals surface area contributed by atoms with Gasteiger partial charge in [-0.2, -0.15) is 9.97 Å². The summed E-state index contributed by atoms with van der Waals surface area (Å²) in [4.78, 5) is 16.3. The molecule has 3 aromatic heterocycles. The van der Waals surface area contributed by atoms with Gasteiger partial charge >= 0.3 is 0 Å². The second-order valence-electron chi connectivity index (χ2n) is 16.0. The minimum Gasteiger partial charge on any atom is -0.456 e. The highest BCUT2D eigenvalue weighted by Gasteiger charge is 2.38. The molecule has 0 unspecified atom stereocenters. The predicted octanol–water partition coefficient (Wildman–Crippen LogP) is 13.8. The summed E-state index contributed by atoms with van der Waals surface area (Å²) >= 11 is 0. The van der Waals surface area contributed by atoms with Crippen LogP contribution in [0.15, 0.2) is 186 Å². The number of benzene rings is 8. The summed E-state index contributed by atoms with van der Waals surface area (Å²) < 4.78 is 8.55. The third-order valence-electron chi connectivity index (χ3n) is 12.3. The summed E-state index contributed by atoms with van der Waals surface area (Å²) in [5.41, 5.74) is 15.0. The summed E-state index contributed by atoms with van der Waals surface area (Å²) in [6.07, 6.45) is 0. The first kappa shape index (κ1) is 33.5. The zero-order valence-corrected chi connectivity index (χ0v) is 32.5. The Morgan fingerprint density at radius 1 is 0.424 bits per heavy atom. The van der Waals surface area contributed by atoms with Gasteiger partial charge in [0.2, 0.25) is 5.95 Å². The van der Waals surface area contributed by atoms with Gasteiger partial charge in [0.1, 0.15) is 11.2 Å². The van der Waals surface area contributed by atoms with Gasteiger partial charge in [-0.25, -0.2) is 4.98 Å². The van der Waals surface area contributed by atoms with Crippen molar-refractivity contribution in [3.05, 3.63) is 193 Å². The largest absolute Gasteiger partial charge is 0.456 e. The summed E-state index contributed by atoms with van der Waals surface area (Å²) in [5.74, 6) is 1.76. The second kappa shape index (κ2) is 12.7. The molecule has 59 heavy (non-hydrogen) atoms. The molecule has 5 nitrogen and oxygen atoms in total. The predicted molar refractivity (Wildman–Crippen MR) is 241 cm³/mol. The van der Waals surface area contributed by atoms with Crippen LogP contribution in [0.2, 0.25) is 0 Å². The van der Waals surface area contributed by atoms with Crippen LogP contribution in [0.25, 0.3) is 106 Å². The lowest BCUT2D eigenvalue weighted by Gasteiger charge is -2.23. The SMILES string of the molecule is CC1(C)c2ccccc2-c2ccc3c4ccccc4n(-c4nc(-c5ccc6oc7ccccc7c6c5)nc(-c5ccccc5-c5ccccc5-c5ccccc5)n4)c3c21. The minimum absolute atomic E-state index is 0.266. The van der Waals surface area contributed by atoms with Crippen LogP contribution in [0.5, 0.6) is 0 Å². The summed E-state index contributed by atoms with van der Waals surface area (Å²) in [6.45, 7) is 4.68. The lowest BCUT2D eigenvalue weighted by Crippen LogP contribution is -2.17. The van der Waals surface area contributed by atoms with Gasteiger partial charge in [-0.05, 0) is 74.8 Å². The fraction of sp³-hybridized carbons (Fsp3) is 0.0556. The number of nitrogens with zero attached hydrogens (tertiary/aromatic N) is 4. The molecule has 1 aliphatic carbocycles. The molecule has 1 aliphatic rings. The molecule has 0 aliphatic heterocycles. The first-order chi connectivity index (χ1) is 29.0. The van der Waals surface area contributed by atoms with E-state index in [4.69, 9.17) is 19.4 Å². The zero-order chi connectivity index (χ0) is 39.2. The topological polar surface area (TPSA) is 56.7 Å². The number of aromatic nitrogens is 4. The standard InChI is InChI=1S/C54H36N4O/c1-54(2)45-25-13-10-21-38(45)41-29-30-42-39-22-11-14-26-46(39)58(50(42)49(41)54)53-56-51(34-28-31-48-44(32-34)40-23-12-15-27-47(40)59-48)55-52(57-53)43-24-9-8-20-37(43)36-19-7-6-18-35(36)33-16-4-3-5-17-33/h3-32H,1-2H3. The van der Waals surface area contributed by atoms with Crippen molar-refractivity contribution in [3.8, 4) is 62.1 Å². The van der Waals surface area contributed by atoms with Gasteiger partial charge in [0.15, 0.2) is 11.6 Å². The lowest BCUT2D eigenvalue weighted by atomic mass is 9.81. The van der Waals surface area contributed by atoms with Crippen LogP contribution in [0, 0.1) is 0 Å². The molecule has 0 saturated carbocycles. The van der Waals surface area contributed by atoms with Crippen LogP contribution in [0.3, 0.4) is 0 Å². The zero-order valence-electron chi connectivity index (χ0n) is 32.5. The van der Waals surface area contributed by atoms with Crippen molar-refractivity contribution in [2.45, 2.75) is 19.3 Å². The number of rotatable bonds is 5. The third kappa shape index (κ3) is 5.01. The van der Waals surface area contributed by atoms with Gasteiger partial charge in [0.05, 0.1) is 11.0 Å². The lowest BCUT2D eigenvalue weighted by molar-refractivity contribution is 0.663. The first-order valence-electron chi connectivity index (χ1n) is 20.1. The van der Waals surface area contributed by atoms with Gasteiger partial charge in [-0.1, -0.05) is 166 Å². The van der Waals surface area contributed by atoms with E-state index >= 15 is 0 Å². The van der Waals surface area contributed by atoms with E-state index in [0.29, 0.717) is 17.6 Å². The Morgan fingerprint density at radius 2 is 1.05 bits per heavy atom. The Labute approximate surface area is 340 Å². The fourth-order valence-corrected chi connectivity index (χ4v) is 9.60. The molecule has 3 heterocycles. The second-order valence-corrected chi connectivity index (χ2v) is 16.0. The molecule has 11 aromatic rings. The van der Waals surface area contributed by atoms with Gasteiger partial charge in [-0.15, -0.1) is 0 Å². The molecule has 0 spiro atoms. The van der Waals surface area contributed by atoms with Crippen LogP contribution in [-0.2, 0) is 5.41 Å². The normalized spacial score (nSPS) is 13.1. The van der Waals surface area contributed by atoms with Crippen LogP contribution in [-0.4, -0.2) is 19.5 Å². The van der Waals surface area contributed by atoms with E-state index in [1.54, 1.807) is 0 Å². The highest BCUT2D eigenvalue weighted by molar-refractivity contribution is 6.13. The average Bonchev–Trinajstić information content (AvgIpc) is 3.91. The molecule has 0 radical (unpaired) electrons. The molecule has 0 atom stereocenters. The van der Waals surface area contributed by atoms with Crippen molar-refractivity contribution < 1.29 is 4.42 Å². The third-order valence-corrected chi connectivity index (χ3v) is 12.3. The maximum atomic E-state index is 6.26. The van der Waals surface area contributed by atoms with Crippen molar-refractivity contribution in [1.29, 1.82) is 0 Å².